The molecule has 3 rings (SSSR count). The average molecular weight is 377 g/mol. The van der Waals surface area contributed by atoms with Crippen LogP contribution in [0.2, 0.25) is 0 Å². The standard InChI is InChI=1S/C20H31N3O4/c1-19(2,3)27-18(25)22-16(20(12-26-4)7-5-6-8-20)17(24)23-14(11-21)9-13-10-15(13)23/h13-16H,5-10,12H2,1-4H3,(H,22,25)/t13-,14?,15?,16?/m1/s1. The first kappa shape index (κ1) is 19.9. The summed E-state index contributed by atoms with van der Waals surface area (Å²) in [7, 11) is 1.62. The van der Waals surface area contributed by atoms with Crippen LogP contribution in [0, 0.1) is 22.7 Å². The van der Waals surface area contributed by atoms with Crippen molar-refractivity contribution in [1.29, 1.82) is 5.26 Å². The molecule has 0 bridgehead atoms. The van der Waals surface area contributed by atoms with Gasteiger partial charge in [-0.2, -0.15) is 5.26 Å². The molecule has 3 unspecified atom stereocenters. The van der Waals surface area contributed by atoms with Crippen molar-refractivity contribution < 1.29 is 19.1 Å². The van der Waals surface area contributed by atoms with Crippen molar-refractivity contribution in [2.75, 3.05) is 13.7 Å². The minimum Gasteiger partial charge on any atom is -0.444 e. The number of ether oxygens (including phenoxy) is 2. The van der Waals surface area contributed by atoms with E-state index in [-0.39, 0.29) is 11.9 Å². The quantitative estimate of drug-likeness (QED) is 0.795. The Labute approximate surface area is 161 Å². The van der Waals surface area contributed by atoms with E-state index in [0.717, 1.165) is 38.5 Å². The Kier molecular flexibility index (Phi) is 5.40. The normalized spacial score (nSPS) is 29.6. The van der Waals surface area contributed by atoms with E-state index in [1.807, 2.05) is 0 Å². The van der Waals surface area contributed by atoms with Gasteiger partial charge >= 0.3 is 6.09 Å². The minimum absolute atomic E-state index is 0.145. The number of carbonyl (C=O) groups is 2. The predicted molar refractivity (Wildman–Crippen MR) is 98.7 cm³/mol. The molecule has 0 aromatic heterocycles. The molecule has 0 radical (unpaired) electrons. The van der Waals surface area contributed by atoms with Crippen molar-refractivity contribution in [2.45, 2.75) is 83.0 Å². The van der Waals surface area contributed by atoms with E-state index < -0.39 is 29.2 Å². The Morgan fingerprint density at radius 1 is 1.30 bits per heavy atom. The highest BCUT2D eigenvalue weighted by atomic mass is 16.6. The van der Waals surface area contributed by atoms with Crippen molar-refractivity contribution in [2.24, 2.45) is 11.3 Å². The van der Waals surface area contributed by atoms with Crippen LogP contribution in [0.4, 0.5) is 4.79 Å². The highest BCUT2D eigenvalue weighted by Gasteiger charge is 2.58. The highest BCUT2D eigenvalue weighted by molar-refractivity contribution is 5.88. The SMILES string of the molecule is COCC1(C(NC(=O)OC(C)(C)C)C(=O)N2C(C#N)C[C@@H]3CC32)CCCC1. The van der Waals surface area contributed by atoms with Crippen molar-refractivity contribution in [3.05, 3.63) is 0 Å². The van der Waals surface area contributed by atoms with Gasteiger partial charge in [-0.25, -0.2) is 4.79 Å². The van der Waals surface area contributed by atoms with Gasteiger partial charge in [-0.15, -0.1) is 0 Å². The molecule has 2 saturated carbocycles. The predicted octanol–water partition coefficient (Wildman–Crippen LogP) is 2.60. The zero-order valence-corrected chi connectivity index (χ0v) is 16.8. The number of hydrogen-bond donors (Lipinski definition) is 1. The zero-order valence-electron chi connectivity index (χ0n) is 16.8. The van der Waals surface area contributed by atoms with Crippen LogP contribution >= 0.6 is 0 Å². The number of hydrogen-bond acceptors (Lipinski definition) is 5. The first-order chi connectivity index (χ1) is 12.7. The Hall–Kier alpha value is -1.81. The van der Waals surface area contributed by atoms with Gasteiger partial charge in [0.1, 0.15) is 17.7 Å². The lowest BCUT2D eigenvalue weighted by molar-refractivity contribution is -0.139. The van der Waals surface area contributed by atoms with Gasteiger partial charge in [-0.05, 0) is 52.4 Å². The Balaban J connectivity index is 1.86. The molecular weight excluding hydrogens is 346 g/mol. The molecule has 27 heavy (non-hydrogen) atoms. The fourth-order valence-corrected chi connectivity index (χ4v) is 4.82. The van der Waals surface area contributed by atoms with Gasteiger partial charge in [-0.1, -0.05) is 12.8 Å². The summed E-state index contributed by atoms with van der Waals surface area (Å²) in [6.45, 7) is 5.79. The summed E-state index contributed by atoms with van der Waals surface area (Å²) in [4.78, 5) is 27.8. The number of nitrogens with zero attached hydrogens (tertiary/aromatic N) is 2. The van der Waals surface area contributed by atoms with Crippen LogP contribution in [0.15, 0.2) is 0 Å². The first-order valence-corrected chi connectivity index (χ1v) is 9.91. The highest BCUT2D eigenvalue weighted by Crippen LogP contribution is 2.49. The third-order valence-corrected chi connectivity index (χ3v) is 6.06. The van der Waals surface area contributed by atoms with Gasteiger partial charge in [0.05, 0.1) is 12.7 Å². The molecule has 3 fully saturated rings. The molecule has 7 heteroatoms. The number of alkyl carbamates (subject to hydrolysis) is 1. The van der Waals surface area contributed by atoms with E-state index in [4.69, 9.17) is 9.47 Å². The lowest BCUT2D eigenvalue weighted by Gasteiger charge is -2.39. The number of carbonyl (C=O) groups excluding carboxylic acids is 2. The maximum absolute atomic E-state index is 13.6. The summed E-state index contributed by atoms with van der Waals surface area (Å²) in [5.41, 5.74) is -1.10. The number of nitrogens with one attached hydrogen (secondary N) is 1. The third-order valence-electron chi connectivity index (χ3n) is 6.06. The summed E-state index contributed by atoms with van der Waals surface area (Å²) in [5, 5.41) is 12.4. The Morgan fingerprint density at radius 3 is 2.52 bits per heavy atom. The zero-order chi connectivity index (χ0) is 19.8. The van der Waals surface area contributed by atoms with Crippen molar-refractivity contribution >= 4 is 12.0 Å². The van der Waals surface area contributed by atoms with Crippen molar-refractivity contribution in [3.63, 3.8) is 0 Å². The van der Waals surface area contributed by atoms with E-state index in [1.54, 1.807) is 32.8 Å². The topological polar surface area (TPSA) is 91.7 Å². The molecule has 0 spiro atoms. The molecule has 1 saturated heterocycles. The van der Waals surface area contributed by atoms with Crippen LogP contribution in [-0.4, -0.2) is 54.3 Å². The summed E-state index contributed by atoms with van der Waals surface area (Å²) >= 11 is 0. The third kappa shape index (κ3) is 4.06. The van der Waals surface area contributed by atoms with Crippen LogP contribution < -0.4 is 5.32 Å². The molecule has 1 N–H and O–H groups in total. The van der Waals surface area contributed by atoms with Gasteiger partial charge in [-0.3, -0.25) is 4.79 Å². The fraction of sp³-hybridized carbons (Fsp3) is 0.850. The number of fused-ring (bicyclic) bond motifs is 1. The molecular formula is C20H31N3O4. The van der Waals surface area contributed by atoms with E-state index in [0.29, 0.717) is 12.5 Å². The number of piperidine rings is 1. The molecule has 7 nitrogen and oxygen atoms in total. The van der Waals surface area contributed by atoms with Gasteiger partial charge in [0.15, 0.2) is 0 Å². The largest absolute Gasteiger partial charge is 0.444 e. The number of likely N-dealkylation sites (tertiary alicyclic amines) is 1. The van der Waals surface area contributed by atoms with Gasteiger partial charge in [0.25, 0.3) is 0 Å². The first-order valence-electron chi connectivity index (χ1n) is 9.91. The molecule has 1 aliphatic heterocycles. The van der Waals surface area contributed by atoms with Crippen LogP contribution in [-0.2, 0) is 14.3 Å². The smallest absolute Gasteiger partial charge is 0.408 e. The molecule has 1 heterocycles. The molecule has 2 amide bonds. The number of methoxy groups -OCH3 is 1. The lowest BCUT2D eigenvalue weighted by Crippen LogP contribution is -2.59. The summed E-state index contributed by atoms with van der Waals surface area (Å²) in [6.07, 6.45) is 4.72. The molecule has 4 atom stereocenters. The summed E-state index contributed by atoms with van der Waals surface area (Å²) < 4.78 is 10.9. The second kappa shape index (κ2) is 7.31. The van der Waals surface area contributed by atoms with Crippen LogP contribution in [0.25, 0.3) is 0 Å². The fourth-order valence-electron chi connectivity index (χ4n) is 4.82. The number of amides is 2. The van der Waals surface area contributed by atoms with Crippen molar-refractivity contribution in [3.8, 4) is 6.07 Å². The van der Waals surface area contributed by atoms with Gasteiger partial charge in [0.2, 0.25) is 5.91 Å². The monoisotopic (exact) mass is 377 g/mol. The summed E-state index contributed by atoms with van der Waals surface area (Å²) in [5.74, 6) is 0.277. The molecule has 3 aliphatic rings. The second-order valence-electron chi connectivity index (χ2n) is 9.27. The second-order valence-corrected chi connectivity index (χ2v) is 9.27. The maximum atomic E-state index is 13.6. The van der Waals surface area contributed by atoms with E-state index in [9.17, 15) is 14.9 Å². The van der Waals surface area contributed by atoms with Gasteiger partial charge in [0, 0.05) is 18.6 Å². The van der Waals surface area contributed by atoms with Crippen LogP contribution in [0.3, 0.4) is 0 Å². The lowest BCUT2D eigenvalue weighted by atomic mass is 9.78. The van der Waals surface area contributed by atoms with E-state index in [1.165, 1.54) is 0 Å². The molecule has 2 aliphatic carbocycles. The number of nitriles is 1. The van der Waals surface area contributed by atoms with Crippen LogP contribution in [0.1, 0.15) is 59.3 Å². The Morgan fingerprint density at radius 2 is 1.96 bits per heavy atom. The Bertz CT molecular complexity index is 630. The number of rotatable bonds is 5. The molecule has 0 aromatic carbocycles. The molecule has 150 valence electrons. The van der Waals surface area contributed by atoms with Gasteiger partial charge < -0.3 is 19.7 Å². The van der Waals surface area contributed by atoms with Crippen LogP contribution in [0.5, 0.6) is 0 Å². The average Bonchev–Trinajstić information content (AvgIpc) is 3.02. The summed E-state index contributed by atoms with van der Waals surface area (Å²) in [6, 6.07) is 1.28. The molecule has 0 aromatic rings. The van der Waals surface area contributed by atoms with E-state index >= 15 is 0 Å². The minimum atomic E-state index is -0.731. The van der Waals surface area contributed by atoms with E-state index in [2.05, 4.69) is 11.4 Å². The maximum Gasteiger partial charge on any atom is 0.408 e. The van der Waals surface area contributed by atoms with Crippen molar-refractivity contribution in [1.82, 2.24) is 10.2 Å².